The molecule has 0 amide bonds. The Morgan fingerprint density at radius 1 is 1.20 bits per heavy atom. The lowest BCUT2D eigenvalue weighted by atomic mass is 9.90. The van der Waals surface area contributed by atoms with Gasteiger partial charge in [-0.1, -0.05) is 12.1 Å². The molecule has 1 fully saturated rings. The summed E-state index contributed by atoms with van der Waals surface area (Å²) in [7, 11) is 0. The molecule has 1 aromatic carbocycles. The van der Waals surface area contributed by atoms with Gasteiger partial charge in [-0.15, -0.1) is 0 Å². The minimum Gasteiger partial charge on any atom is -0.508 e. The van der Waals surface area contributed by atoms with Crippen LogP contribution in [-0.2, 0) is 5.54 Å². The summed E-state index contributed by atoms with van der Waals surface area (Å²) >= 11 is 0. The van der Waals surface area contributed by atoms with Gasteiger partial charge in [-0.3, -0.25) is 0 Å². The van der Waals surface area contributed by atoms with Gasteiger partial charge in [0.1, 0.15) is 5.75 Å². The fourth-order valence-electron chi connectivity index (χ4n) is 2.50. The Balaban J connectivity index is 2.31. The van der Waals surface area contributed by atoms with Crippen LogP contribution in [0.25, 0.3) is 0 Å². The molecule has 2 nitrogen and oxygen atoms in total. The lowest BCUT2D eigenvalue weighted by Gasteiger charge is -2.29. The zero-order valence-electron chi connectivity index (χ0n) is 9.67. The summed E-state index contributed by atoms with van der Waals surface area (Å²) in [4.78, 5) is 0. The first-order valence-corrected chi connectivity index (χ1v) is 5.50. The Kier molecular flexibility index (Phi) is 2.27. The molecule has 0 spiro atoms. The van der Waals surface area contributed by atoms with E-state index in [4.69, 9.17) is 0 Å². The standard InChI is InChI=1S/C13H19NO/c1-12(2)7-8-13(3,14-12)10-5-4-6-11(15)9-10/h4-6,9,14-15H,7-8H2,1-3H3. The largest absolute Gasteiger partial charge is 0.508 e. The second kappa shape index (κ2) is 3.24. The van der Waals surface area contributed by atoms with Gasteiger partial charge in [0.15, 0.2) is 0 Å². The van der Waals surface area contributed by atoms with E-state index in [1.54, 1.807) is 6.07 Å². The van der Waals surface area contributed by atoms with Crippen molar-refractivity contribution in [3.63, 3.8) is 0 Å². The van der Waals surface area contributed by atoms with E-state index < -0.39 is 0 Å². The maximum atomic E-state index is 9.49. The number of phenols is 1. The highest BCUT2D eigenvalue weighted by Crippen LogP contribution is 2.38. The van der Waals surface area contributed by atoms with Crippen molar-refractivity contribution in [1.82, 2.24) is 5.32 Å². The first-order chi connectivity index (χ1) is 6.91. The number of benzene rings is 1. The molecular formula is C13H19NO. The molecule has 2 rings (SSSR count). The number of phenolic OH excluding ortho intramolecular Hbond substituents is 1. The van der Waals surface area contributed by atoms with Crippen molar-refractivity contribution in [1.29, 1.82) is 0 Å². The Labute approximate surface area is 91.3 Å². The molecule has 1 atom stereocenters. The predicted octanol–water partition coefficient (Wildman–Crippen LogP) is 2.77. The second-order valence-electron chi connectivity index (χ2n) is 5.39. The highest BCUT2D eigenvalue weighted by Gasteiger charge is 2.39. The molecule has 2 heteroatoms. The summed E-state index contributed by atoms with van der Waals surface area (Å²) in [6.07, 6.45) is 2.28. The molecule has 2 N–H and O–H groups in total. The summed E-state index contributed by atoms with van der Waals surface area (Å²) in [5.41, 5.74) is 1.37. The highest BCUT2D eigenvalue weighted by atomic mass is 16.3. The molecule has 15 heavy (non-hydrogen) atoms. The summed E-state index contributed by atoms with van der Waals surface area (Å²) in [5, 5.41) is 13.1. The summed E-state index contributed by atoms with van der Waals surface area (Å²) in [6, 6.07) is 7.55. The van der Waals surface area contributed by atoms with Crippen molar-refractivity contribution < 1.29 is 5.11 Å². The molecule has 0 aromatic heterocycles. The quantitative estimate of drug-likeness (QED) is 0.739. The van der Waals surface area contributed by atoms with Gasteiger partial charge in [0.2, 0.25) is 0 Å². The van der Waals surface area contributed by atoms with E-state index in [1.807, 2.05) is 12.1 Å². The molecule has 0 bridgehead atoms. The van der Waals surface area contributed by atoms with Gasteiger partial charge in [-0.05, 0) is 51.3 Å². The van der Waals surface area contributed by atoms with E-state index >= 15 is 0 Å². The molecule has 1 saturated heterocycles. The maximum absolute atomic E-state index is 9.49. The Morgan fingerprint density at radius 2 is 1.93 bits per heavy atom. The number of nitrogens with one attached hydrogen (secondary N) is 1. The zero-order valence-corrected chi connectivity index (χ0v) is 9.67. The average molecular weight is 205 g/mol. The molecule has 0 aliphatic carbocycles. The Hall–Kier alpha value is -1.02. The summed E-state index contributed by atoms with van der Waals surface area (Å²) in [5.74, 6) is 0.347. The molecule has 1 unspecified atom stereocenters. The van der Waals surface area contributed by atoms with Crippen LogP contribution in [0.2, 0.25) is 0 Å². The van der Waals surface area contributed by atoms with Crippen LogP contribution < -0.4 is 5.32 Å². The number of hydrogen-bond acceptors (Lipinski definition) is 2. The van der Waals surface area contributed by atoms with Crippen molar-refractivity contribution in [3.8, 4) is 5.75 Å². The third kappa shape index (κ3) is 2.00. The Bertz CT molecular complexity index is 373. The van der Waals surface area contributed by atoms with Gasteiger partial charge in [0.05, 0.1) is 0 Å². The topological polar surface area (TPSA) is 32.3 Å². The third-order valence-corrected chi connectivity index (χ3v) is 3.35. The molecule has 1 aromatic rings. The fraction of sp³-hybridized carbons (Fsp3) is 0.538. The van der Waals surface area contributed by atoms with E-state index in [1.165, 1.54) is 12.0 Å². The normalized spacial score (nSPS) is 29.3. The summed E-state index contributed by atoms with van der Waals surface area (Å²) < 4.78 is 0. The van der Waals surface area contributed by atoms with E-state index in [0.29, 0.717) is 5.75 Å². The van der Waals surface area contributed by atoms with Crippen LogP contribution in [0, 0.1) is 0 Å². The van der Waals surface area contributed by atoms with E-state index in [-0.39, 0.29) is 11.1 Å². The van der Waals surface area contributed by atoms with Gasteiger partial charge in [-0.2, -0.15) is 0 Å². The van der Waals surface area contributed by atoms with Crippen LogP contribution in [-0.4, -0.2) is 10.6 Å². The Morgan fingerprint density at radius 3 is 2.47 bits per heavy atom. The van der Waals surface area contributed by atoms with Crippen LogP contribution in [0.1, 0.15) is 39.2 Å². The average Bonchev–Trinajstić information content (AvgIpc) is 2.42. The van der Waals surface area contributed by atoms with Crippen LogP contribution >= 0.6 is 0 Å². The SMILES string of the molecule is CC1(C)CCC(C)(c2cccc(O)c2)N1. The van der Waals surface area contributed by atoms with Crippen molar-refractivity contribution in [3.05, 3.63) is 29.8 Å². The molecule has 82 valence electrons. The van der Waals surface area contributed by atoms with E-state index in [2.05, 4.69) is 32.2 Å². The van der Waals surface area contributed by atoms with Gasteiger partial charge >= 0.3 is 0 Å². The van der Waals surface area contributed by atoms with Crippen molar-refractivity contribution >= 4 is 0 Å². The van der Waals surface area contributed by atoms with Crippen molar-refractivity contribution in [2.24, 2.45) is 0 Å². The smallest absolute Gasteiger partial charge is 0.115 e. The highest BCUT2D eigenvalue weighted by molar-refractivity contribution is 5.33. The second-order valence-corrected chi connectivity index (χ2v) is 5.39. The van der Waals surface area contributed by atoms with Gasteiger partial charge < -0.3 is 10.4 Å². The van der Waals surface area contributed by atoms with Gasteiger partial charge in [0, 0.05) is 11.1 Å². The van der Waals surface area contributed by atoms with Crippen LogP contribution in [0.15, 0.2) is 24.3 Å². The van der Waals surface area contributed by atoms with Crippen LogP contribution in [0.3, 0.4) is 0 Å². The third-order valence-electron chi connectivity index (χ3n) is 3.35. The minimum atomic E-state index is 0.00222. The predicted molar refractivity (Wildman–Crippen MR) is 61.9 cm³/mol. The number of rotatable bonds is 1. The molecule has 0 saturated carbocycles. The number of hydrogen-bond donors (Lipinski definition) is 2. The monoisotopic (exact) mass is 205 g/mol. The van der Waals surface area contributed by atoms with Gasteiger partial charge in [0.25, 0.3) is 0 Å². The van der Waals surface area contributed by atoms with Crippen LogP contribution in [0.5, 0.6) is 5.75 Å². The van der Waals surface area contributed by atoms with Crippen molar-refractivity contribution in [2.45, 2.75) is 44.7 Å². The first-order valence-electron chi connectivity index (χ1n) is 5.50. The lowest BCUT2D eigenvalue weighted by Crippen LogP contribution is -2.43. The molecule has 1 aliphatic rings. The fourth-order valence-corrected chi connectivity index (χ4v) is 2.50. The lowest BCUT2D eigenvalue weighted by molar-refractivity contribution is 0.352. The molecule has 1 heterocycles. The minimum absolute atomic E-state index is 0.00222. The van der Waals surface area contributed by atoms with Crippen molar-refractivity contribution in [2.75, 3.05) is 0 Å². The first kappa shape index (κ1) is 10.5. The molecule has 0 radical (unpaired) electrons. The van der Waals surface area contributed by atoms with E-state index in [0.717, 1.165) is 6.42 Å². The summed E-state index contributed by atoms with van der Waals surface area (Å²) in [6.45, 7) is 6.65. The number of aromatic hydroxyl groups is 1. The van der Waals surface area contributed by atoms with E-state index in [9.17, 15) is 5.11 Å². The zero-order chi connectivity index (χ0) is 11.1. The van der Waals surface area contributed by atoms with Crippen LogP contribution in [0.4, 0.5) is 0 Å². The maximum Gasteiger partial charge on any atom is 0.115 e. The van der Waals surface area contributed by atoms with Gasteiger partial charge in [-0.25, -0.2) is 0 Å². The molecular weight excluding hydrogens is 186 g/mol. The molecule has 1 aliphatic heterocycles.